The molecule has 0 aliphatic heterocycles. The van der Waals surface area contributed by atoms with Crippen LogP contribution in [0, 0.1) is 23.7 Å². The van der Waals surface area contributed by atoms with E-state index in [-0.39, 0.29) is 0 Å². The van der Waals surface area contributed by atoms with Gasteiger partial charge in [-0.25, -0.2) is 4.98 Å². The summed E-state index contributed by atoms with van der Waals surface area (Å²) in [5, 5.41) is 14.1. The van der Waals surface area contributed by atoms with Gasteiger partial charge in [-0.3, -0.25) is 5.32 Å². The number of thiazole rings is 1. The van der Waals surface area contributed by atoms with Crippen molar-refractivity contribution in [1.82, 2.24) is 10.3 Å². The van der Waals surface area contributed by atoms with Gasteiger partial charge in [0.25, 0.3) is 0 Å². The molecule has 1 N–H and O–H groups in total. The number of hydrogen-bond donors (Lipinski definition) is 1. The van der Waals surface area contributed by atoms with Gasteiger partial charge in [0.05, 0.1) is 6.54 Å². The Morgan fingerprint density at radius 1 is 1.75 bits per heavy atom. The second-order valence-corrected chi connectivity index (χ2v) is 2.99. The monoisotopic (exact) mass is 177 g/mol. The second-order valence-electron chi connectivity index (χ2n) is 2.05. The molecule has 0 atom stereocenters. The molecule has 4 heteroatoms. The molecule has 1 aromatic heterocycles. The van der Waals surface area contributed by atoms with Crippen LogP contribution in [0.5, 0.6) is 0 Å². The van der Waals surface area contributed by atoms with E-state index >= 15 is 0 Å². The van der Waals surface area contributed by atoms with E-state index in [2.05, 4.69) is 16.2 Å². The van der Waals surface area contributed by atoms with Crippen LogP contribution in [-0.2, 0) is 6.54 Å². The maximum atomic E-state index is 8.46. The van der Waals surface area contributed by atoms with Crippen LogP contribution in [0.15, 0.2) is 5.38 Å². The van der Waals surface area contributed by atoms with E-state index < -0.39 is 0 Å². The summed E-state index contributed by atoms with van der Waals surface area (Å²) >= 11 is 1.46. The van der Waals surface area contributed by atoms with Crippen molar-refractivity contribution in [2.45, 2.75) is 6.54 Å². The second kappa shape index (κ2) is 4.50. The molecule has 0 saturated carbocycles. The standard InChI is InChI=1S/C8H7N3S/c1-2-3-10-5-8-11-7(4-9)6-12-8/h1,6,10H,3,5H2. The Morgan fingerprint density at radius 3 is 3.17 bits per heavy atom. The van der Waals surface area contributed by atoms with Gasteiger partial charge in [0.15, 0.2) is 5.69 Å². The maximum absolute atomic E-state index is 8.46. The third-order valence-electron chi connectivity index (χ3n) is 1.17. The molecule has 0 radical (unpaired) electrons. The summed E-state index contributed by atoms with van der Waals surface area (Å²) in [7, 11) is 0. The quantitative estimate of drug-likeness (QED) is 0.547. The number of rotatable bonds is 3. The van der Waals surface area contributed by atoms with Crippen LogP contribution in [-0.4, -0.2) is 11.5 Å². The number of nitrogens with one attached hydrogen (secondary N) is 1. The fourth-order valence-corrected chi connectivity index (χ4v) is 1.37. The van der Waals surface area contributed by atoms with Gasteiger partial charge in [0.2, 0.25) is 0 Å². The maximum Gasteiger partial charge on any atom is 0.151 e. The molecular weight excluding hydrogens is 170 g/mol. The van der Waals surface area contributed by atoms with E-state index in [1.165, 1.54) is 11.3 Å². The predicted octanol–water partition coefficient (Wildman–Crippen LogP) is 0.738. The van der Waals surface area contributed by atoms with Crippen LogP contribution in [0.3, 0.4) is 0 Å². The van der Waals surface area contributed by atoms with Gasteiger partial charge >= 0.3 is 0 Å². The van der Waals surface area contributed by atoms with Crippen LogP contribution in [0.4, 0.5) is 0 Å². The van der Waals surface area contributed by atoms with E-state index in [0.29, 0.717) is 18.8 Å². The number of aromatic nitrogens is 1. The van der Waals surface area contributed by atoms with Gasteiger partial charge in [0.1, 0.15) is 11.1 Å². The van der Waals surface area contributed by atoms with Gasteiger partial charge < -0.3 is 0 Å². The molecule has 3 nitrogen and oxygen atoms in total. The Balaban J connectivity index is 2.44. The van der Waals surface area contributed by atoms with Crippen molar-refractivity contribution in [2.24, 2.45) is 0 Å². The Kier molecular flexibility index (Phi) is 3.28. The summed E-state index contributed by atoms with van der Waals surface area (Å²) in [6.07, 6.45) is 5.04. The molecule has 12 heavy (non-hydrogen) atoms. The van der Waals surface area contributed by atoms with Crippen LogP contribution in [0.25, 0.3) is 0 Å². The summed E-state index contributed by atoms with van der Waals surface area (Å²) in [6.45, 7) is 1.16. The van der Waals surface area contributed by atoms with Crippen molar-refractivity contribution >= 4 is 11.3 Å². The molecule has 60 valence electrons. The smallest absolute Gasteiger partial charge is 0.151 e. The third kappa shape index (κ3) is 2.35. The summed E-state index contributed by atoms with van der Waals surface area (Å²) in [5.41, 5.74) is 0.470. The Labute approximate surface area is 75.1 Å². The van der Waals surface area contributed by atoms with Crippen molar-refractivity contribution < 1.29 is 0 Å². The van der Waals surface area contributed by atoms with E-state index in [0.717, 1.165) is 5.01 Å². The molecule has 0 aromatic carbocycles. The minimum absolute atomic E-state index is 0.470. The average molecular weight is 177 g/mol. The lowest BCUT2D eigenvalue weighted by Crippen LogP contribution is -2.12. The highest BCUT2D eigenvalue weighted by Gasteiger charge is 1.98. The first-order valence-corrected chi connectivity index (χ1v) is 4.23. The minimum atomic E-state index is 0.470. The predicted molar refractivity (Wildman–Crippen MR) is 47.4 cm³/mol. The molecule has 0 bridgehead atoms. The van der Waals surface area contributed by atoms with Crippen molar-refractivity contribution in [3.63, 3.8) is 0 Å². The number of nitriles is 1. The van der Waals surface area contributed by atoms with Crippen molar-refractivity contribution in [2.75, 3.05) is 6.54 Å². The van der Waals surface area contributed by atoms with Gasteiger partial charge in [-0.15, -0.1) is 17.8 Å². The van der Waals surface area contributed by atoms with Crippen LogP contribution < -0.4 is 5.32 Å². The largest absolute Gasteiger partial charge is 0.300 e. The molecule has 0 amide bonds. The number of nitrogens with zero attached hydrogens (tertiary/aromatic N) is 2. The van der Waals surface area contributed by atoms with Gasteiger partial charge in [0, 0.05) is 11.9 Å². The number of hydrogen-bond acceptors (Lipinski definition) is 4. The normalized spacial score (nSPS) is 8.83. The topological polar surface area (TPSA) is 48.7 Å². The molecule has 0 aliphatic carbocycles. The van der Waals surface area contributed by atoms with Gasteiger partial charge in [-0.2, -0.15) is 5.26 Å². The molecule has 0 spiro atoms. The van der Waals surface area contributed by atoms with Crippen molar-refractivity contribution in [3.8, 4) is 18.4 Å². The first-order chi connectivity index (χ1) is 5.86. The zero-order valence-corrected chi connectivity index (χ0v) is 7.19. The molecule has 0 saturated heterocycles. The Bertz CT molecular complexity index is 329. The molecular formula is C8H7N3S. The Hall–Kier alpha value is -1.36. The molecule has 1 heterocycles. The van der Waals surface area contributed by atoms with E-state index in [1.54, 1.807) is 5.38 Å². The highest BCUT2D eigenvalue weighted by atomic mass is 32.1. The molecule has 0 aliphatic rings. The summed E-state index contributed by atoms with van der Waals surface area (Å²) < 4.78 is 0. The molecule has 0 fully saturated rings. The van der Waals surface area contributed by atoms with Crippen LogP contribution >= 0.6 is 11.3 Å². The van der Waals surface area contributed by atoms with E-state index in [1.807, 2.05) is 6.07 Å². The van der Waals surface area contributed by atoms with Crippen molar-refractivity contribution in [1.29, 1.82) is 5.26 Å². The highest BCUT2D eigenvalue weighted by molar-refractivity contribution is 7.09. The highest BCUT2D eigenvalue weighted by Crippen LogP contribution is 2.07. The van der Waals surface area contributed by atoms with Gasteiger partial charge in [-0.05, 0) is 0 Å². The fourth-order valence-electron chi connectivity index (χ4n) is 0.685. The third-order valence-corrected chi connectivity index (χ3v) is 2.02. The minimum Gasteiger partial charge on any atom is -0.300 e. The SMILES string of the molecule is C#CCNCc1nc(C#N)cs1. The summed E-state index contributed by atoms with van der Waals surface area (Å²) in [4.78, 5) is 4.03. The zero-order chi connectivity index (χ0) is 8.81. The lowest BCUT2D eigenvalue weighted by atomic mass is 10.5. The van der Waals surface area contributed by atoms with Crippen LogP contribution in [0.2, 0.25) is 0 Å². The lowest BCUT2D eigenvalue weighted by Gasteiger charge is -1.93. The van der Waals surface area contributed by atoms with Crippen LogP contribution in [0.1, 0.15) is 10.7 Å². The van der Waals surface area contributed by atoms with Gasteiger partial charge in [-0.1, -0.05) is 5.92 Å². The first kappa shape index (κ1) is 8.73. The summed E-state index contributed by atoms with van der Waals surface area (Å²) in [6, 6.07) is 1.97. The first-order valence-electron chi connectivity index (χ1n) is 3.35. The summed E-state index contributed by atoms with van der Waals surface area (Å²) in [5.74, 6) is 2.46. The average Bonchev–Trinajstić information content (AvgIpc) is 2.53. The zero-order valence-electron chi connectivity index (χ0n) is 6.37. The Morgan fingerprint density at radius 2 is 2.58 bits per heavy atom. The molecule has 1 aromatic rings. The lowest BCUT2D eigenvalue weighted by molar-refractivity contribution is 0.764. The van der Waals surface area contributed by atoms with E-state index in [9.17, 15) is 0 Å². The fraction of sp³-hybridized carbons (Fsp3) is 0.250. The molecule has 0 unspecified atom stereocenters. The van der Waals surface area contributed by atoms with E-state index in [4.69, 9.17) is 11.7 Å². The van der Waals surface area contributed by atoms with Crippen molar-refractivity contribution in [3.05, 3.63) is 16.1 Å². The molecule has 1 rings (SSSR count). The number of terminal acetylenes is 1.